The lowest BCUT2D eigenvalue weighted by atomic mass is 9.99. The molecular weight excluding hydrogens is 338 g/mol. The minimum atomic E-state index is -0.348. The quantitative estimate of drug-likeness (QED) is 0.831. The number of halogens is 3. The third kappa shape index (κ3) is 4.32. The summed E-state index contributed by atoms with van der Waals surface area (Å²) in [5.74, 6) is -0.642. The van der Waals surface area contributed by atoms with E-state index in [1.807, 2.05) is 6.92 Å². The molecule has 112 valence electrons. The van der Waals surface area contributed by atoms with Crippen LogP contribution in [0.1, 0.15) is 30.5 Å². The molecule has 1 aromatic heterocycles. The van der Waals surface area contributed by atoms with Gasteiger partial charge in [0, 0.05) is 22.3 Å². The van der Waals surface area contributed by atoms with E-state index < -0.39 is 0 Å². The number of benzene rings is 1. The van der Waals surface area contributed by atoms with Crippen molar-refractivity contribution < 1.29 is 8.78 Å². The van der Waals surface area contributed by atoms with E-state index in [1.165, 1.54) is 18.3 Å². The second-order valence-corrected chi connectivity index (χ2v) is 5.70. The minimum Gasteiger partial charge on any atom is -0.310 e. The van der Waals surface area contributed by atoms with E-state index in [1.54, 1.807) is 18.3 Å². The molecule has 1 atom stereocenters. The van der Waals surface area contributed by atoms with Gasteiger partial charge in [0.15, 0.2) is 0 Å². The van der Waals surface area contributed by atoms with Gasteiger partial charge >= 0.3 is 0 Å². The van der Waals surface area contributed by atoms with Crippen molar-refractivity contribution in [2.45, 2.75) is 25.8 Å². The topological polar surface area (TPSA) is 24.9 Å². The van der Waals surface area contributed by atoms with E-state index in [0.29, 0.717) is 12.0 Å². The Labute approximate surface area is 131 Å². The standard InChI is InChI=1S/C16H17BrF2N2/c1-2-6-21-16(13-5-7-20-10-15(13)19)9-11-8-12(18)3-4-14(11)17/h3-5,7-8,10,16,21H,2,6,9H2,1H3. The van der Waals surface area contributed by atoms with Gasteiger partial charge in [0.2, 0.25) is 0 Å². The third-order valence-corrected chi connectivity index (χ3v) is 4.03. The molecule has 0 spiro atoms. The summed E-state index contributed by atoms with van der Waals surface area (Å²) in [6.45, 7) is 2.81. The fraction of sp³-hybridized carbons (Fsp3) is 0.312. The highest BCUT2D eigenvalue weighted by molar-refractivity contribution is 9.10. The van der Waals surface area contributed by atoms with Crippen LogP contribution in [0.3, 0.4) is 0 Å². The minimum absolute atomic E-state index is 0.217. The zero-order valence-corrected chi connectivity index (χ0v) is 13.3. The summed E-state index contributed by atoms with van der Waals surface area (Å²) < 4.78 is 28.2. The highest BCUT2D eigenvalue weighted by Crippen LogP contribution is 2.26. The van der Waals surface area contributed by atoms with E-state index in [9.17, 15) is 8.78 Å². The van der Waals surface area contributed by atoms with Crippen molar-refractivity contribution in [1.82, 2.24) is 10.3 Å². The molecular formula is C16H17BrF2N2. The molecule has 0 saturated carbocycles. The lowest BCUT2D eigenvalue weighted by Crippen LogP contribution is -2.25. The Morgan fingerprint density at radius 1 is 1.29 bits per heavy atom. The van der Waals surface area contributed by atoms with Gasteiger partial charge in [0.25, 0.3) is 0 Å². The van der Waals surface area contributed by atoms with E-state index in [-0.39, 0.29) is 17.7 Å². The average Bonchev–Trinajstić information content (AvgIpc) is 2.48. The molecule has 0 amide bonds. The van der Waals surface area contributed by atoms with Crippen LogP contribution in [0.5, 0.6) is 0 Å². The van der Waals surface area contributed by atoms with Gasteiger partial charge in [0.1, 0.15) is 11.6 Å². The van der Waals surface area contributed by atoms with Crippen molar-refractivity contribution in [2.75, 3.05) is 6.54 Å². The maximum absolute atomic E-state index is 14.0. The lowest BCUT2D eigenvalue weighted by Gasteiger charge is -2.20. The molecule has 1 heterocycles. The van der Waals surface area contributed by atoms with Gasteiger partial charge in [-0.2, -0.15) is 0 Å². The van der Waals surface area contributed by atoms with Gasteiger partial charge in [-0.15, -0.1) is 0 Å². The first-order chi connectivity index (χ1) is 10.1. The average molecular weight is 355 g/mol. The first-order valence-corrected chi connectivity index (χ1v) is 7.67. The van der Waals surface area contributed by atoms with Crippen molar-refractivity contribution in [2.24, 2.45) is 0 Å². The van der Waals surface area contributed by atoms with Crippen LogP contribution in [0, 0.1) is 11.6 Å². The van der Waals surface area contributed by atoms with Gasteiger partial charge < -0.3 is 5.32 Å². The zero-order chi connectivity index (χ0) is 15.2. The molecule has 0 aliphatic rings. The summed E-state index contributed by atoms with van der Waals surface area (Å²) in [5.41, 5.74) is 1.36. The zero-order valence-electron chi connectivity index (χ0n) is 11.7. The molecule has 0 saturated heterocycles. The molecule has 0 fully saturated rings. The Bertz CT molecular complexity index is 605. The summed E-state index contributed by atoms with van der Waals surface area (Å²) >= 11 is 3.42. The van der Waals surface area contributed by atoms with Gasteiger partial charge in [-0.25, -0.2) is 8.78 Å². The molecule has 0 aliphatic carbocycles. The molecule has 0 radical (unpaired) electrons. The number of nitrogens with zero attached hydrogens (tertiary/aromatic N) is 1. The smallest absolute Gasteiger partial charge is 0.146 e. The van der Waals surface area contributed by atoms with Crippen LogP contribution in [-0.2, 0) is 6.42 Å². The van der Waals surface area contributed by atoms with E-state index in [2.05, 4.69) is 26.2 Å². The van der Waals surface area contributed by atoms with Crippen LogP contribution in [-0.4, -0.2) is 11.5 Å². The molecule has 0 aliphatic heterocycles. The number of aromatic nitrogens is 1. The largest absolute Gasteiger partial charge is 0.310 e. The van der Waals surface area contributed by atoms with Gasteiger partial charge in [-0.05, 0) is 49.2 Å². The predicted molar refractivity (Wildman–Crippen MR) is 83.0 cm³/mol. The Morgan fingerprint density at radius 2 is 2.10 bits per heavy atom. The molecule has 1 unspecified atom stereocenters. The summed E-state index contributed by atoms with van der Waals surface area (Å²) in [5, 5.41) is 3.31. The van der Waals surface area contributed by atoms with Crippen LogP contribution in [0.4, 0.5) is 8.78 Å². The van der Waals surface area contributed by atoms with Gasteiger partial charge in [0.05, 0.1) is 6.20 Å². The Balaban J connectivity index is 2.28. The van der Waals surface area contributed by atoms with Crippen LogP contribution in [0.15, 0.2) is 41.1 Å². The van der Waals surface area contributed by atoms with E-state index >= 15 is 0 Å². The maximum Gasteiger partial charge on any atom is 0.146 e. The number of rotatable bonds is 6. The van der Waals surface area contributed by atoms with Crippen molar-refractivity contribution in [3.63, 3.8) is 0 Å². The normalized spacial score (nSPS) is 12.4. The highest BCUT2D eigenvalue weighted by Gasteiger charge is 2.17. The first-order valence-electron chi connectivity index (χ1n) is 6.88. The predicted octanol–water partition coefficient (Wildman–Crippen LogP) is 4.41. The van der Waals surface area contributed by atoms with Crippen LogP contribution >= 0.6 is 15.9 Å². The van der Waals surface area contributed by atoms with Gasteiger partial charge in [-0.3, -0.25) is 4.98 Å². The van der Waals surface area contributed by atoms with Crippen molar-refractivity contribution in [1.29, 1.82) is 0 Å². The molecule has 2 nitrogen and oxygen atoms in total. The summed E-state index contributed by atoms with van der Waals surface area (Å²) in [7, 11) is 0. The second-order valence-electron chi connectivity index (χ2n) is 4.84. The Kier molecular flexibility index (Phi) is 5.82. The SMILES string of the molecule is CCCNC(Cc1cc(F)ccc1Br)c1ccncc1F. The first kappa shape index (κ1) is 16.0. The molecule has 2 aromatic rings. The summed E-state index contributed by atoms with van der Waals surface area (Å²) in [6, 6.07) is 5.99. The van der Waals surface area contributed by atoms with Crippen LogP contribution in [0.25, 0.3) is 0 Å². The van der Waals surface area contributed by atoms with Crippen LogP contribution < -0.4 is 5.32 Å². The number of nitrogens with one attached hydrogen (secondary N) is 1. The monoisotopic (exact) mass is 354 g/mol. The van der Waals surface area contributed by atoms with Crippen molar-refractivity contribution in [3.05, 3.63) is 63.9 Å². The van der Waals surface area contributed by atoms with Crippen molar-refractivity contribution >= 4 is 15.9 Å². The molecule has 0 bridgehead atoms. The molecule has 1 N–H and O–H groups in total. The molecule has 2 rings (SSSR count). The fourth-order valence-electron chi connectivity index (χ4n) is 2.20. The number of pyridine rings is 1. The summed E-state index contributed by atoms with van der Waals surface area (Å²) in [4.78, 5) is 3.77. The van der Waals surface area contributed by atoms with Crippen molar-refractivity contribution in [3.8, 4) is 0 Å². The second kappa shape index (κ2) is 7.61. The maximum atomic E-state index is 14.0. The molecule has 5 heteroatoms. The fourth-order valence-corrected chi connectivity index (χ4v) is 2.61. The van der Waals surface area contributed by atoms with Gasteiger partial charge in [-0.1, -0.05) is 22.9 Å². The van der Waals surface area contributed by atoms with E-state index in [0.717, 1.165) is 23.0 Å². The molecule has 21 heavy (non-hydrogen) atoms. The third-order valence-electron chi connectivity index (χ3n) is 3.25. The van der Waals surface area contributed by atoms with E-state index in [4.69, 9.17) is 0 Å². The molecule has 1 aromatic carbocycles. The summed E-state index contributed by atoms with van der Waals surface area (Å²) in [6.07, 6.45) is 4.21. The number of hydrogen-bond acceptors (Lipinski definition) is 2. The lowest BCUT2D eigenvalue weighted by molar-refractivity contribution is 0.493. The Hall–Kier alpha value is -1.33. The Morgan fingerprint density at radius 3 is 2.81 bits per heavy atom. The highest BCUT2D eigenvalue weighted by atomic mass is 79.9. The number of hydrogen-bond donors (Lipinski definition) is 1. The van der Waals surface area contributed by atoms with Crippen LogP contribution in [0.2, 0.25) is 0 Å².